The Morgan fingerprint density at radius 1 is 1.44 bits per heavy atom. The molecular weight excluding hydrogens is 206 g/mol. The van der Waals surface area contributed by atoms with Gasteiger partial charge < -0.3 is 9.94 Å². The van der Waals surface area contributed by atoms with Crippen LogP contribution < -0.4 is 0 Å². The molecule has 4 nitrogen and oxygen atoms in total. The first kappa shape index (κ1) is 10.7. The minimum atomic E-state index is -0.778. The first-order chi connectivity index (χ1) is 7.68. The predicted octanol–water partition coefficient (Wildman–Crippen LogP) is 1.69. The average molecular weight is 219 g/mol. The molecule has 0 radical (unpaired) electrons. The molecule has 0 aliphatic carbocycles. The SMILES string of the molecule is C=C1CCC(O)N1OC(=O)c1ccccc1. The fourth-order valence-electron chi connectivity index (χ4n) is 1.58. The fourth-order valence-corrected chi connectivity index (χ4v) is 1.58. The highest BCUT2D eigenvalue weighted by Gasteiger charge is 2.28. The lowest BCUT2D eigenvalue weighted by molar-refractivity contribution is -0.156. The first-order valence-corrected chi connectivity index (χ1v) is 5.11. The van der Waals surface area contributed by atoms with E-state index >= 15 is 0 Å². The van der Waals surface area contributed by atoms with Gasteiger partial charge in [0.25, 0.3) is 0 Å². The van der Waals surface area contributed by atoms with Gasteiger partial charge in [-0.3, -0.25) is 0 Å². The van der Waals surface area contributed by atoms with Gasteiger partial charge in [-0.2, -0.15) is 5.06 Å². The van der Waals surface area contributed by atoms with Crippen molar-refractivity contribution in [3.8, 4) is 0 Å². The highest BCUT2D eigenvalue weighted by atomic mass is 16.7. The second-order valence-electron chi connectivity index (χ2n) is 3.66. The third kappa shape index (κ3) is 2.06. The Labute approximate surface area is 93.7 Å². The summed E-state index contributed by atoms with van der Waals surface area (Å²) < 4.78 is 0. The van der Waals surface area contributed by atoms with Gasteiger partial charge >= 0.3 is 5.97 Å². The van der Waals surface area contributed by atoms with Crippen LogP contribution >= 0.6 is 0 Å². The zero-order valence-corrected chi connectivity index (χ0v) is 8.80. The van der Waals surface area contributed by atoms with Crippen molar-refractivity contribution >= 4 is 5.97 Å². The molecular formula is C12H13NO3. The molecule has 1 unspecified atom stereocenters. The van der Waals surface area contributed by atoms with Crippen molar-refractivity contribution < 1.29 is 14.7 Å². The number of hydrogen-bond acceptors (Lipinski definition) is 4. The smallest absolute Gasteiger partial charge is 0.363 e. The molecule has 84 valence electrons. The number of aliphatic hydroxyl groups excluding tert-OH is 1. The van der Waals surface area contributed by atoms with E-state index in [0.29, 0.717) is 24.1 Å². The summed E-state index contributed by atoms with van der Waals surface area (Å²) >= 11 is 0. The summed E-state index contributed by atoms with van der Waals surface area (Å²) in [4.78, 5) is 16.7. The lowest BCUT2D eigenvalue weighted by atomic mass is 10.2. The van der Waals surface area contributed by atoms with Gasteiger partial charge in [0.05, 0.1) is 5.56 Å². The molecule has 1 heterocycles. The lowest BCUT2D eigenvalue weighted by Crippen LogP contribution is -2.30. The zero-order valence-electron chi connectivity index (χ0n) is 8.80. The number of hydroxylamine groups is 2. The predicted molar refractivity (Wildman–Crippen MR) is 58.1 cm³/mol. The summed E-state index contributed by atoms with van der Waals surface area (Å²) in [7, 11) is 0. The molecule has 1 saturated heterocycles. The maximum Gasteiger partial charge on any atom is 0.363 e. The van der Waals surface area contributed by atoms with E-state index in [1.165, 1.54) is 5.06 Å². The van der Waals surface area contributed by atoms with Crippen LogP contribution in [0, 0.1) is 0 Å². The van der Waals surface area contributed by atoms with Gasteiger partial charge in [0.15, 0.2) is 6.23 Å². The van der Waals surface area contributed by atoms with Crippen LogP contribution in [0.1, 0.15) is 23.2 Å². The Balaban J connectivity index is 2.05. The number of nitrogens with zero attached hydrogens (tertiary/aromatic N) is 1. The number of carbonyl (C=O) groups excluding carboxylic acids is 1. The van der Waals surface area contributed by atoms with Crippen molar-refractivity contribution in [2.75, 3.05) is 0 Å². The molecule has 0 spiro atoms. The van der Waals surface area contributed by atoms with E-state index in [-0.39, 0.29) is 0 Å². The van der Waals surface area contributed by atoms with Gasteiger partial charge in [-0.1, -0.05) is 24.8 Å². The quantitative estimate of drug-likeness (QED) is 0.822. The van der Waals surface area contributed by atoms with E-state index in [1.807, 2.05) is 6.07 Å². The van der Waals surface area contributed by atoms with Crippen LogP contribution in [0.3, 0.4) is 0 Å². The third-order valence-electron chi connectivity index (χ3n) is 2.46. The van der Waals surface area contributed by atoms with E-state index in [0.717, 1.165) is 0 Å². The molecule has 0 amide bonds. The van der Waals surface area contributed by atoms with Crippen LogP contribution in [0.4, 0.5) is 0 Å². The molecule has 0 saturated carbocycles. The van der Waals surface area contributed by atoms with Crippen LogP contribution in [0.2, 0.25) is 0 Å². The molecule has 0 bridgehead atoms. The molecule has 1 aliphatic heterocycles. The van der Waals surface area contributed by atoms with Gasteiger partial charge in [0, 0.05) is 12.1 Å². The van der Waals surface area contributed by atoms with Crippen LogP contribution in [0.15, 0.2) is 42.6 Å². The van der Waals surface area contributed by atoms with E-state index in [9.17, 15) is 9.90 Å². The Hall–Kier alpha value is -1.81. The molecule has 1 N–H and O–H groups in total. The highest BCUT2D eigenvalue weighted by Crippen LogP contribution is 2.25. The Morgan fingerprint density at radius 2 is 2.12 bits per heavy atom. The molecule has 1 atom stereocenters. The summed E-state index contributed by atoms with van der Waals surface area (Å²) in [6.07, 6.45) is 0.407. The van der Waals surface area contributed by atoms with E-state index in [2.05, 4.69) is 6.58 Å². The average Bonchev–Trinajstić information content (AvgIpc) is 2.62. The highest BCUT2D eigenvalue weighted by molar-refractivity contribution is 5.89. The summed E-state index contributed by atoms with van der Waals surface area (Å²) in [5, 5.41) is 10.7. The zero-order chi connectivity index (χ0) is 11.5. The van der Waals surface area contributed by atoms with E-state index < -0.39 is 12.2 Å². The van der Waals surface area contributed by atoms with Crippen molar-refractivity contribution in [2.45, 2.75) is 19.1 Å². The minimum Gasteiger partial charge on any atom is -0.370 e. The number of benzene rings is 1. The summed E-state index contributed by atoms with van der Waals surface area (Å²) in [6.45, 7) is 3.72. The van der Waals surface area contributed by atoms with Gasteiger partial charge in [-0.25, -0.2) is 4.79 Å². The van der Waals surface area contributed by atoms with Crippen LogP contribution in [0.5, 0.6) is 0 Å². The molecule has 4 heteroatoms. The van der Waals surface area contributed by atoms with Crippen molar-refractivity contribution in [3.05, 3.63) is 48.2 Å². The lowest BCUT2D eigenvalue weighted by Gasteiger charge is -2.21. The standard InChI is InChI=1S/C12H13NO3/c1-9-7-8-11(14)13(9)16-12(15)10-5-3-2-4-6-10/h2-6,11,14H,1,7-8H2. The first-order valence-electron chi connectivity index (χ1n) is 5.11. The van der Waals surface area contributed by atoms with Crippen molar-refractivity contribution in [2.24, 2.45) is 0 Å². The number of aliphatic hydroxyl groups is 1. The van der Waals surface area contributed by atoms with Crippen LogP contribution in [-0.2, 0) is 4.84 Å². The van der Waals surface area contributed by atoms with Crippen molar-refractivity contribution in [3.63, 3.8) is 0 Å². The van der Waals surface area contributed by atoms with Gasteiger partial charge in [0.2, 0.25) is 0 Å². The second kappa shape index (κ2) is 4.37. The monoisotopic (exact) mass is 219 g/mol. The number of carbonyl (C=O) groups is 1. The third-order valence-corrected chi connectivity index (χ3v) is 2.46. The Kier molecular flexibility index (Phi) is 2.92. The molecule has 1 aromatic rings. The fraction of sp³-hybridized carbons (Fsp3) is 0.250. The topological polar surface area (TPSA) is 49.8 Å². The largest absolute Gasteiger partial charge is 0.370 e. The van der Waals surface area contributed by atoms with Crippen molar-refractivity contribution in [1.29, 1.82) is 0 Å². The number of rotatable bonds is 2. The summed E-state index contributed by atoms with van der Waals surface area (Å²) in [5.41, 5.74) is 1.08. The van der Waals surface area contributed by atoms with E-state index in [1.54, 1.807) is 24.3 Å². The summed E-state index contributed by atoms with van der Waals surface area (Å²) in [5.74, 6) is -0.484. The molecule has 2 rings (SSSR count). The maximum atomic E-state index is 11.7. The Bertz CT molecular complexity index is 402. The molecule has 0 aromatic heterocycles. The van der Waals surface area contributed by atoms with Gasteiger partial charge in [-0.05, 0) is 18.6 Å². The van der Waals surface area contributed by atoms with Crippen molar-refractivity contribution in [1.82, 2.24) is 5.06 Å². The number of allylic oxidation sites excluding steroid dienone is 1. The van der Waals surface area contributed by atoms with Crippen LogP contribution in [0.25, 0.3) is 0 Å². The second-order valence-corrected chi connectivity index (χ2v) is 3.66. The molecule has 1 aliphatic rings. The van der Waals surface area contributed by atoms with Gasteiger partial charge in [0.1, 0.15) is 0 Å². The Morgan fingerprint density at radius 3 is 2.69 bits per heavy atom. The molecule has 1 aromatic carbocycles. The molecule has 16 heavy (non-hydrogen) atoms. The van der Waals surface area contributed by atoms with Crippen LogP contribution in [-0.4, -0.2) is 22.4 Å². The van der Waals surface area contributed by atoms with E-state index in [4.69, 9.17) is 4.84 Å². The maximum absolute atomic E-state index is 11.7. The minimum absolute atomic E-state index is 0.453. The molecule has 1 fully saturated rings. The van der Waals surface area contributed by atoms with Gasteiger partial charge in [-0.15, -0.1) is 0 Å². The summed E-state index contributed by atoms with van der Waals surface area (Å²) in [6, 6.07) is 8.65. The number of hydrogen-bond donors (Lipinski definition) is 1. The normalized spacial score (nSPS) is 19.9.